The lowest BCUT2D eigenvalue weighted by Crippen LogP contribution is -2.40. The number of hydrogen-bond donors (Lipinski definition) is 1. The molecule has 7 nitrogen and oxygen atoms in total. The highest BCUT2D eigenvalue weighted by molar-refractivity contribution is 7.99. The maximum Gasteiger partial charge on any atom is 0.230 e. The standard InChI is InChI=1S/C18H27N5O2S/c1-4-19-16(24)12-26-18-21-20-17(22-9-13(2)8-14(3)10-22)23(18)11-15-6-5-7-25-15/h5-7,13-14H,4,8-12H2,1-3H3,(H,19,24)/t13-,14-/m1/s1. The van der Waals surface area contributed by atoms with E-state index in [2.05, 4.69) is 38.8 Å². The van der Waals surface area contributed by atoms with Crippen molar-refractivity contribution in [3.8, 4) is 0 Å². The number of nitrogens with zero attached hydrogens (tertiary/aromatic N) is 4. The van der Waals surface area contributed by atoms with Gasteiger partial charge < -0.3 is 14.6 Å². The number of piperidine rings is 1. The van der Waals surface area contributed by atoms with Crippen LogP contribution < -0.4 is 10.2 Å². The van der Waals surface area contributed by atoms with E-state index >= 15 is 0 Å². The molecule has 1 saturated heterocycles. The molecular formula is C18H27N5O2S. The average molecular weight is 378 g/mol. The third-order valence-electron chi connectivity index (χ3n) is 4.45. The molecule has 2 aromatic rings. The van der Waals surface area contributed by atoms with Gasteiger partial charge in [0.1, 0.15) is 5.76 Å². The van der Waals surface area contributed by atoms with Gasteiger partial charge in [-0.25, -0.2) is 0 Å². The Hall–Kier alpha value is -1.96. The zero-order valence-electron chi connectivity index (χ0n) is 15.6. The molecule has 0 spiro atoms. The Labute approximate surface area is 158 Å². The van der Waals surface area contributed by atoms with Crippen LogP contribution in [-0.4, -0.2) is 46.1 Å². The van der Waals surface area contributed by atoms with Crippen LogP contribution in [0.5, 0.6) is 0 Å². The fraction of sp³-hybridized carbons (Fsp3) is 0.611. The highest BCUT2D eigenvalue weighted by Gasteiger charge is 2.27. The van der Waals surface area contributed by atoms with Crippen LogP contribution in [-0.2, 0) is 11.3 Å². The number of carbonyl (C=O) groups is 1. The molecule has 1 N–H and O–H groups in total. The van der Waals surface area contributed by atoms with Gasteiger partial charge in [-0.2, -0.15) is 0 Å². The number of thioether (sulfide) groups is 1. The molecule has 8 heteroatoms. The first-order valence-electron chi connectivity index (χ1n) is 9.16. The number of anilines is 1. The van der Waals surface area contributed by atoms with Gasteiger partial charge in [0.2, 0.25) is 11.9 Å². The molecule has 1 fully saturated rings. The summed E-state index contributed by atoms with van der Waals surface area (Å²) in [5, 5.41) is 12.4. The monoisotopic (exact) mass is 377 g/mol. The summed E-state index contributed by atoms with van der Waals surface area (Å²) in [6, 6.07) is 3.83. The third-order valence-corrected chi connectivity index (χ3v) is 5.42. The van der Waals surface area contributed by atoms with Crippen molar-refractivity contribution in [1.82, 2.24) is 20.1 Å². The summed E-state index contributed by atoms with van der Waals surface area (Å²) in [6.07, 6.45) is 2.91. The van der Waals surface area contributed by atoms with Crippen LogP contribution >= 0.6 is 11.8 Å². The number of carbonyl (C=O) groups excluding carboxylic acids is 1. The Kier molecular flexibility index (Phi) is 6.24. The number of hydrogen-bond acceptors (Lipinski definition) is 6. The van der Waals surface area contributed by atoms with Gasteiger partial charge in [0, 0.05) is 19.6 Å². The lowest BCUT2D eigenvalue weighted by atomic mass is 9.92. The van der Waals surface area contributed by atoms with E-state index < -0.39 is 0 Å². The number of rotatable bonds is 7. The van der Waals surface area contributed by atoms with Crippen molar-refractivity contribution in [2.75, 3.05) is 30.3 Å². The molecule has 0 aromatic carbocycles. The first kappa shape index (κ1) is 18.8. The van der Waals surface area contributed by atoms with Crippen LogP contribution in [0.15, 0.2) is 28.0 Å². The second kappa shape index (κ2) is 8.62. The molecule has 0 unspecified atom stereocenters. The van der Waals surface area contributed by atoms with Crippen LogP contribution in [0.2, 0.25) is 0 Å². The van der Waals surface area contributed by atoms with Crippen LogP contribution in [0, 0.1) is 11.8 Å². The fourth-order valence-electron chi connectivity index (χ4n) is 3.52. The molecule has 1 aliphatic heterocycles. The van der Waals surface area contributed by atoms with Crippen molar-refractivity contribution in [1.29, 1.82) is 0 Å². The third kappa shape index (κ3) is 4.60. The second-order valence-corrected chi connectivity index (χ2v) is 7.98. The first-order chi connectivity index (χ1) is 12.6. The minimum absolute atomic E-state index is 0.00631. The lowest BCUT2D eigenvalue weighted by molar-refractivity contribution is -0.118. The maximum absolute atomic E-state index is 11.8. The number of furan rings is 1. The molecule has 142 valence electrons. The number of nitrogens with one attached hydrogen (secondary N) is 1. The normalized spacial score (nSPS) is 20.3. The summed E-state index contributed by atoms with van der Waals surface area (Å²) in [7, 11) is 0. The van der Waals surface area contributed by atoms with Crippen molar-refractivity contribution in [3.05, 3.63) is 24.2 Å². The number of aromatic nitrogens is 3. The number of amides is 1. The Morgan fingerprint density at radius 2 is 2.12 bits per heavy atom. The van der Waals surface area contributed by atoms with Crippen molar-refractivity contribution in [3.63, 3.8) is 0 Å². The quantitative estimate of drug-likeness (QED) is 0.748. The zero-order valence-corrected chi connectivity index (χ0v) is 16.5. The van der Waals surface area contributed by atoms with Gasteiger partial charge in [0.05, 0.1) is 18.6 Å². The molecule has 2 aromatic heterocycles. The van der Waals surface area contributed by atoms with Gasteiger partial charge >= 0.3 is 0 Å². The smallest absolute Gasteiger partial charge is 0.230 e. The molecule has 3 heterocycles. The largest absolute Gasteiger partial charge is 0.467 e. The van der Waals surface area contributed by atoms with Crippen LogP contribution in [0.1, 0.15) is 33.0 Å². The fourth-order valence-corrected chi connectivity index (χ4v) is 4.29. The van der Waals surface area contributed by atoms with E-state index in [9.17, 15) is 4.79 Å². The van der Waals surface area contributed by atoms with E-state index in [-0.39, 0.29) is 5.91 Å². The predicted octanol–water partition coefficient (Wildman–Crippen LogP) is 2.63. The van der Waals surface area contributed by atoms with Crippen LogP contribution in [0.25, 0.3) is 0 Å². The van der Waals surface area contributed by atoms with E-state index in [0.29, 0.717) is 30.7 Å². The minimum atomic E-state index is 0.00631. The second-order valence-electron chi connectivity index (χ2n) is 7.04. The highest BCUT2D eigenvalue weighted by Crippen LogP contribution is 2.28. The van der Waals surface area contributed by atoms with E-state index in [0.717, 1.165) is 30.0 Å². The molecule has 0 saturated carbocycles. The van der Waals surface area contributed by atoms with Gasteiger partial charge in [-0.05, 0) is 37.3 Å². The molecule has 2 atom stereocenters. The molecule has 3 rings (SSSR count). The summed E-state index contributed by atoms with van der Waals surface area (Å²) in [6.45, 7) is 9.61. The first-order valence-corrected chi connectivity index (χ1v) is 10.1. The molecule has 1 amide bonds. The van der Waals surface area contributed by atoms with Crippen LogP contribution in [0.4, 0.5) is 5.95 Å². The summed E-state index contributed by atoms with van der Waals surface area (Å²) in [4.78, 5) is 14.1. The van der Waals surface area contributed by atoms with E-state index in [1.807, 2.05) is 19.1 Å². The Morgan fingerprint density at radius 1 is 1.35 bits per heavy atom. The van der Waals surface area contributed by atoms with Gasteiger partial charge in [0.15, 0.2) is 5.16 Å². The SMILES string of the molecule is CCNC(=O)CSc1nnc(N2C[C@H](C)C[C@@H](C)C2)n1Cc1ccco1. The van der Waals surface area contributed by atoms with E-state index in [4.69, 9.17) is 4.42 Å². The molecule has 0 bridgehead atoms. The van der Waals surface area contributed by atoms with E-state index in [1.54, 1.807) is 6.26 Å². The maximum atomic E-state index is 11.8. The Bertz CT molecular complexity index is 705. The zero-order chi connectivity index (χ0) is 18.5. The highest BCUT2D eigenvalue weighted by atomic mass is 32.2. The van der Waals surface area contributed by atoms with Crippen molar-refractivity contribution in [2.24, 2.45) is 11.8 Å². The molecule has 26 heavy (non-hydrogen) atoms. The van der Waals surface area contributed by atoms with Gasteiger partial charge in [-0.3, -0.25) is 9.36 Å². The molecular weight excluding hydrogens is 350 g/mol. The molecule has 1 aliphatic rings. The molecule has 0 radical (unpaired) electrons. The van der Waals surface area contributed by atoms with Crippen LogP contribution in [0.3, 0.4) is 0 Å². The van der Waals surface area contributed by atoms with Crippen molar-refractivity contribution in [2.45, 2.75) is 38.9 Å². The minimum Gasteiger partial charge on any atom is -0.467 e. The summed E-state index contributed by atoms with van der Waals surface area (Å²) in [5.41, 5.74) is 0. The lowest BCUT2D eigenvalue weighted by Gasteiger charge is -2.35. The van der Waals surface area contributed by atoms with Gasteiger partial charge in [-0.1, -0.05) is 25.6 Å². The summed E-state index contributed by atoms with van der Waals surface area (Å²) >= 11 is 1.41. The summed E-state index contributed by atoms with van der Waals surface area (Å²) in [5.74, 6) is 3.30. The van der Waals surface area contributed by atoms with Crippen molar-refractivity contribution >= 4 is 23.6 Å². The topological polar surface area (TPSA) is 76.2 Å². The van der Waals surface area contributed by atoms with Gasteiger partial charge in [-0.15, -0.1) is 10.2 Å². The predicted molar refractivity (Wildman–Crippen MR) is 102 cm³/mol. The summed E-state index contributed by atoms with van der Waals surface area (Å²) < 4.78 is 7.59. The van der Waals surface area contributed by atoms with Gasteiger partial charge in [0.25, 0.3) is 0 Å². The Balaban J connectivity index is 1.82. The molecule has 0 aliphatic carbocycles. The average Bonchev–Trinajstić information content (AvgIpc) is 3.23. The Morgan fingerprint density at radius 3 is 2.77 bits per heavy atom. The van der Waals surface area contributed by atoms with E-state index in [1.165, 1.54) is 18.2 Å². The van der Waals surface area contributed by atoms with Crippen molar-refractivity contribution < 1.29 is 9.21 Å².